The van der Waals surface area contributed by atoms with E-state index >= 15 is 0 Å². The molecule has 2 aromatic carbocycles. The zero-order valence-corrected chi connectivity index (χ0v) is 13.1. The first-order valence-electron chi connectivity index (χ1n) is 6.42. The Balaban J connectivity index is 2.61. The Morgan fingerprint density at radius 3 is 2.13 bits per heavy atom. The fourth-order valence-electron chi connectivity index (χ4n) is 1.88. The lowest BCUT2D eigenvalue weighted by molar-refractivity contribution is -0.393. The second kappa shape index (κ2) is 6.13. The molecule has 9 heteroatoms. The molecule has 0 aromatic heterocycles. The van der Waals surface area contributed by atoms with Gasteiger partial charge in [0.05, 0.1) is 25.6 Å². The van der Waals surface area contributed by atoms with Gasteiger partial charge in [0.2, 0.25) is 0 Å². The molecule has 1 atom stereocenters. The monoisotopic (exact) mass is 335 g/mol. The Morgan fingerprint density at radius 2 is 1.61 bits per heavy atom. The minimum absolute atomic E-state index is 0.159. The summed E-state index contributed by atoms with van der Waals surface area (Å²) in [6.07, 6.45) is 1.36. The van der Waals surface area contributed by atoms with E-state index in [1.54, 1.807) is 24.3 Å². The van der Waals surface area contributed by atoms with Crippen LogP contribution in [-0.2, 0) is 9.73 Å². The number of aryl methyl sites for hydroxylation is 1. The van der Waals surface area contributed by atoms with Crippen molar-refractivity contribution >= 4 is 26.8 Å². The van der Waals surface area contributed by atoms with Gasteiger partial charge in [-0.05, 0) is 25.1 Å². The minimum Gasteiger partial charge on any atom is -0.258 e. The first kappa shape index (κ1) is 16.6. The van der Waals surface area contributed by atoms with Crippen LogP contribution in [0.2, 0.25) is 0 Å². The number of hydrogen-bond donors (Lipinski definition) is 0. The summed E-state index contributed by atoms with van der Waals surface area (Å²) < 4.78 is 16.7. The molecule has 2 rings (SSSR count). The van der Waals surface area contributed by atoms with Crippen molar-refractivity contribution in [2.24, 2.45) is 4.36 Å². The lowest BCUT2D eigenvalue weighted by Gasteiger charge is -2.05. The Labute approximate surface area is 132 Å². The summed E-state index contributed by atoms with van der Waals surface area (Å²) in [5.41, 5.74) is -0.159. The van der Waals surface area contributed by atoms with Crippen molar-refractivity contribution in [2.75, 3.05) is 6.26 Å². The molecule has 0 bridgehead atoms. The van der Waals surface area contributed by atoms with Gasteiger partial charge >= 0.3 is 5.69 Å². The fourth-order valence-corrected chi connectivity index (χ4v) is 3.16. The minimum atomic E-state index is -2.92. The van der Waals surface area contributed by atoms with Gasteiger partial charge in [-0.1, -0.05) is 17.7 Å². The third-order valence-corrected chi connectivity index (χ3v) is 4.79. The van der Waals surface area contributed by atoms with Gasteiger partial charge in [-0.25, -0.2) is 4.21 Å². The molecule has 0 saturated heterocycles. The number of nitro benzene ring substituents is 2. The third kappa shape index (κ3) is 3.69. The molecule has 0 aliphatic carbocycles. The molecule has 2 aromatic rings. The highest BCUT2D eigenvalue weighted by Crippen LogP contribution is 2.33. The van der Waals surface area contributed by atoms with Crippen molar-refractivity contribution < 1.29 is 14.1 Å². The summed E-state index contributed by atoms with van der Waals surface area (Å²) in [4.78, 5) is 20.7. The Kier molecular flexibility index (Phi) is 4.41. The van der Waals surface area contributed by atoms with Gasteiger partial charge in [0, 0.05) is 17.2 Å². The van der Waals surface area contributed by atoms with Gasteiger partial charge in [0.15, 0.2) is 5.69 Å². The maximum atomic E-state index is 12.7. The molecule has 120 valence electrons. The largest absolute Gasteiger partial charge is 0.302 e. The maximum Gasteiger partial charge on any atom is 0.302 e. The van der Waals surface area contributed by atoms with E-state index in [2.05, 4.69) is 4.36 Å². The third-order valence-electron chi connectivity index (χ3n) is 3.10. The number of nitro groups is 2. The van der Waals surface area contributed by atoms with E-state index in [-0.39, 0.29) is 5.69 Å². The van der Waals surface area contributed by atoms with Crippen LogP contribution in [0.5, 0.6) is 0 Å². The number of non-ortho nitro benzene ring substituents is 1. The first-order chi connectivity index (χ1) is 10.7. The fraction of sp³-hybridized carbons (Fsp3) is 0.143. The van der Waals surface area contributed by atoms with Crippen LogP contribution in [0.4, 0.5) is 17.1 Å². The molecule has 0 aliphatic rings. The molecule has 8 nitrogen and oxygen atoms in total. The molecule has 0 N–H and O–H groups in total. The van der Waals surface area contributed by atoms with Crippen molar-refractivity contribution in [3.8, 4) is 0 Å². The molecule has 0 spiro atoms. The van der Waals surface area contributed by atoms with Crippen LogP contribution in [0.15, 0.2) is 51.7 Å². The smallest absolute Gasteiger partial charge is 0.258 e. The highest BCUT2D eigenvalue weighted by molar-refractivity contribution is 7.93. The van der Waals surface area contributed by atoms with Crippen LogP contribution in [0.1, 0.15) is 5.56 Å². The van der Waals surface area contributed by atoms with Gasteiger partial charge in [-0.15, -0.1) is 0 Å². The topological polar surface area (TPSA) is 116 Å². The Bertz CT molecular complexity index is 899. The van der Waals surface area contributed by atoms with E-state index in [1.165, 1.54) is 6.26 Å². The van der Waals surface area contributed by atoms with Crippen LogP contribution in [0.25, 0.3) is 0 Å². The van der Waals surface area contributed by atoms with Crippen LogP contribution in [0.3, 0.4) is 0 Å². The van der Waals surface area contributed by atoms with E-state index in [9.17, 15) is 24.4 Å². The van der Waals surface area contributed by atoms with Gasteiger partial charge in [-0.3, -0.25) is 20.2 Å². The molecule has 0 saturated carbocycles. The molecular formula is C14H13N3O5S. The van der Waals surface area contributed by atoms with Crippen LogP contribution in [-0.4, -0.2) is 20.3 Å². The molecule has 0 aliphatic heterocycles. The van der Waals surface area contributed by atoms with Crippen LogP contribution >= 0.6 is 0 Å². The normalized spacial score (nSPS) is 13.1. The summed E-state index contributed by atoms with van der Waals surface area (Å²) in [7, 11) is -2.92. The van der Waals surface area contributed by atoms with E-state index in [0.29, 0.717) is 4.90 Å². The second-order valence-electron chi connectivity index (χ2n) is 4.89. The number of nitrogens with zero attached hydrogens (tertiary/aromatic N) is 3. The molecule has 0 radical (unpaired) electrons. The lowest BCUT2D eigenvalue weighted by atomic mass is 10.2. The van der Waals surface area contributed by atoms with Crippen molar-refractivity contribution in [3.63, 3.8) is 0 Å². The SMILES string of the molecule is Cc1ccc([S@@](C)(=O)=Nc2ccc([N+](=O)[O-])cc2[N+](=O)[O-])cc1. The van der Waals surface area contributed by atoms with Crippen LogP contribution in [0, 0.1) is 27.2 Å². The van der Waals surface area contributed by atoms with Gasteiger partial charge in [0.25, 0.3) is 5.69 Å². The molecule has 23 heavy (non-hydrogen) atoms. The summed E-state index contributed by atoms with van der Waals surface area (Å²) in [6, 6.07) is 9.83. The lowest BCUT2D eigenvalue weighted by Crippen LogP contribution is -1.98. The molecule has 0 unspecified atom stereocenters. The van der Waals surface area contributed by atoms with Crippen molar-refractivity contribution in [2.45, 2.75) is 11.8 Å². The summed E-state index contributed by atoms with van der Waals surface area (Å²) in [5.74, 6) is 0. The standard InChI is InChI=1S/C14H13N3O5S/c1-10-3-6-12(7-4-10)23(2,22)15-13-8-5-11(16(18)19)9-14(13)17(20)21/h3-9H,1-2H3/t23-/m1/s1. The van der Waals surface area contributed by atoms with Gasteiger partial charge in [0.1, 0.15) is 0 Å². The van der Waals surface area contributed by atoms with Crippen molar-refractivity contribution in [3.05, 3.63) is 68.3 Å². The first-order valence-corrected chi connectivity index (χ1v) is 8.35. The zero-order chi connectivity index (χ0) is 17.2. The average Bonchev–Trinajstić information content (AvgIpc) is 2.47. The van der Waals surface area contributed by atoms with Crippen LogP contribution < -0.4 is 0 Å². The highest BCUT2D eigenvalue weighted by atomic mass is 32.2. The average molecular weight is 335 g/mol. The number of hydrogen-bond acceptors (Lipinski definition) is 6. The second-order valence-corrected chi connectivity index (χ2v) is 7.15. The van der Waals surface area contributed by atoms with E-state index in [1.807, 2.05) is 6.92 Å². The van der Waals surface area contributed by atoms with Gasteiger partial charge < -0.3 is 0 Å². The highest BCUT2D eigenvalue weighted by Gasteiger charge is 2.20. The van der Waals surface area contributed by atoms with Gasteiger partial charge in [-0.2, -0.15) is 4.36 Å². The summed E-state index contributed by atoms with van der Waals surface area (Å²) in [6.45, 7) is 1.87. The Morgan fingerprint density at radius 1 is 1.00 bits per heavy atom. The molecule has 0 amide bonds. The van der Waals surface area contributed by atoms with E-state index < -0.39 is 31.0 Å². The summed E-state index contributed by atoms with van der Waals surface area (Å²) >= 11 is 0. The summed E-state index contributed by atoms with van der Waals surface area (Å²) in [5, 5.41) is 21.8. The predicted molar refractivity (Wildman–Crippen MR) is 85.4 cm³/mol. The van der Waals surface area contributed by atoms with E-state index in [0.717, 1.165) is 23.8 Å². The maximum absolute atomic E-state index is 12.7. The quantitative estimate of drug-likeness (QED) is 0.625. The Hall–Kier alpha value is -2.81. The zero-order valence-electron chi connectivity index (χ0n) is 12.3. The molecule has 0 fully saturated rings. The number of benzene rings is 2. The molecular weight excluding hydrogens is 322 g/mol. The molecule has 0 heterocycles. The van der Waals surface area contributed by atoms with E-state index in [4.69, 9.17) is 0 Å². The predicted octanol–water partition coefficient (Wildman–Crippen LogP) is 3.60. The van der Waals surface area contributed by atoms with Crippen molar-refractivity contribution in [1.82, 2.24) is 0 Å². The number of rotatable bonds is 4. The van der Waals surface area contributed by atoms with Crippen molar-refractivity contribution in [1.29, 1.82) is 0 Å².